The fraction of sp³-hybridized carbons (Fsp3) is 0.583. The summed E-state index contributed by atoms with van der Waals surface area (Å²) in [5.41, 5.74) is 6.40. The summed E-state index contributed by atoms with van der Waals surface area (Å²) in [4.78, 5) is 2.99. The molecule has 86 valence electrons. The lowest BCUT2D eigenvalue weighted by molar-refractivity contribution is 0.325. The standard InChI is InChI=1S/C12H17N3S/c1-8-3-4-15(7-9(8)2)12-5-10(14)11(6-13)16-12/h5,8-9H,3-4,7,14H2,1-2H3. The maximum absolute atomic E-state index is 8.89. The minimum atomic E-state index is 0.619. The van der Waals surface area contributed by atoms with Gasteiger partial charge in [0.1, 0.15) is 10.9 Å². The number of hydrogen-bond donors (Lipinski definition) is 1. The highest BCUT2D eigenvalue weighted by Gasteiger charge is 2.24. The SMILES string of the molecule is CC1CCN(c2cc(N)c(C#N)s2)CC1C. The number of nitrogens with two attached hydrogens (primary N) is 1. The van der Waals surface area contributed by atoms with Crippen LogP contribution in [-0.2, 0) is 0 Å². The molecule has 0 bridgehead atoms. The van der Waals surface area contributed by atoms with Gasteiger partial charge in [0.05, 0.1) is 10.7 Å². The Morgan fingerprint density at radius 2 is 2.25 bits per heavy atom. The van der Waals surface area contributed by atoms with E-state index < -0.39 is 0 Å². The highest BCUT2D eigenvalue weighted by atomic mass is 32.1. The fourth-order valence-corrected chi connectivity index (χ4v) is 3.01. The lowest BCUT2D eigenvalue weighted by Gasteiger charge is -2.35. The molecule has 1 saturated heterocycles. The van der Waals surface area contributed by atoms with Crippen LogP contribution in [0.25, 0.3) is 0 Å². The summed E-state index contributed by atoms with van der Waals surface area (Å²) in [6.07, 6.45) is 1.22. The van der Waals surface area contributed by atoms with E-state index in [0.717, 1.165) is 24.0 Å². The lowest BCUT2D eigenvalue weighted by atomic mass is 9.89. The highest BCUT2D eigenvalue weighted by Crippen LogP contribution is 2.35. The molecule has 0 saturated carbocycles. The summed E-state index contributed by atoms with van der Waals surface area (Å²) in [6, 6.07) is 4.08. The largest absolute Gasteiger partial charge is 0.397 e. The first-order chi connectivity index (χ1) is 7.61. The average molecular weight is 235 g/mol. The topological polar surface area (TPSA) is 53.0 Å². The van der Waals surface area contributed by atoms with E-state index in [9.17, 15) is 0 Å². The van der Waals surface area contributed by atoms with Crippen molar-refractivity contribution in [2.24, 2.45) is 11.8 Å². The zero-order valence-corrected chi connectivity index (χ0v) is 10.5. The second kappa shape index (κ2) is 4.34. The molecule has 4 heteroatoms. The average Bonchev–Trinajstić information content (AvgIpc) is 2.64. The molecule has 1 fully saturated rings. The van der Waals surface area contributed by atoms with Crippen LogP contribution in [0.3, 0.4) is 0 Å². The minimum absolute atomic E-state index is 0.619. The molecule has 1 aromatic rings. The Kier molecular flexibility index (Phi) is 3.06. The van der Waals surface area contributed by atoms with Crippen molar-refractivity contribution in [2.45, 2.75) is 20.3 Å². The van der Waals surface area contributed by atoms with Gasteiger partial charge in [0.25, 0.3) is 0 Å². The Morgan fingerprint density at radius 3 is 2.81 bits per heavy atom. The first-order valence-corrected chi connectivity index (χ1v) is 6.47. The zero-order chi connectivity index (χ0) is 11.7. The van der Waals surface area contributed by atoms with E-state index in [4.69, 9.17) is 11.0 Å². The molecular weight excluding hydrogens is 218 g/mol. The van der Waals surface area contributed by atoms with E-state index in [0.29, 0.717) is 16.5 Å². The third-order valence-electron chi connectivity index (χ3n) is 3.50. The van der Waals surface area contributed by atoms with Crippen LogP contribution in [-0.4, -0.2) is 13.1 Å². The Labute approximate surface area is 100 Å². The summed E-state index contributed by atoms with van der Waals surface area (Å²) >= 11 is 1.51. The Morgan fingerprint density at radius 1 is 1.50 bits per heavy atom. The van der Waals surface area contributed by atoms with Crippen LogP contribution >= 0.6 is 11.3 Å². The summed E-state index contributed by atoms with van der Waals surface area (Å²) in [6.45, 7) is 6.76. The third-order valence-corrected chi connectivity index (χ3v) is 4.61. The molecule has 0 amide bonds. The smallest absolute Gasteiger partial charge is 0.129 e. The summed E-state index contributed by atoms with van der Waals surface area (Å²) < 4.78 is 0. The normalized spacial score (nSPS) is 25.4. The molecule has 2 N–H and O–H groups in total. The van der Waals surface area contributed by atoms with Crippen LogP contribution in [0.5, 0.6) is 0 Å². The van der Waals surface area contributed by atoms with Crippen molar-refractivity contribution in [3.63, 3.8) is 0 Å². The van der Waals surface area contributed by atoms with Crippen LogP contribution in [0.2, 0.25) is 0 Å². The van der Waals surface area contributed by atoms with Crippen molar-refractivity contribution in [1.29, 1.82) is 5.26 Å². The van der Waals surface area contributed by atoms with Gasteiger partial charge < -0.3 is 10.6 Å². The van der Waals surface area contributed by atoms with E-state index in [1.807, 2.05) is 6.07 Å². The van der Waals surface area contributed by atoms with E-state index in [-0.39, 0.29) is 0 Å². The quantitative estimate of drug-likeness (QED) is 0.814. The third kappa shape index (κ3) is 2.00. The first kappa shape index (κ1) is 11.3. The van der Waals surface area contributed by atoms with Gasteiger partial charge in [-0.25, -0.2) is 0 Å². The molecule has 2 unspecified atom stereocenters. The van der Waals surface area contributed by atoms with Crippen molar-refractivity contribution < 1.29 is 0 Å². The van der Waals surface area contributed by atoms with Crippen LogP contribution in [0.1, 0.15) is 25.1 Å². The van der Waals surface area contributed by atoms with Crippen molar-refractivity contribution in [2.75, 3.05) is 23.7 Å². The van der Waals surface area contributed by atoms with E-state index in [1.165, 1.54) is 17.8 Å². The Balaban J connectivity index is 2.16. The number of piperidine rings is 1. The van der Waals surface area contributed by atoms with Gasteiger partial charge >= 0.3 is 0 Å². The number of hydrogen-bond acceptors (Lipinski definition) is 4. The monoisotopic (exact) mass is 235 g/mol. The second-order valence-electron chi connectivity index (χ2n) is 4.67. The summed E-state index contributed by atoms with van der Waals surface area (Å²) in [5.74, 6) is 1.51. The number of nitrogens with zero attached hydrogens (tertiary/aromatic N) is 2. The van der Waals surface area contributed by atoms with Crippen molar-refractivity contribution >= 4 is 22.0 Å². The fourth-order valence-electron chi connectivity index (χ4n) is 2.10. The first-order valence-electron chi connectivity index (χ1n) is 5.66. The number of nitriles is 1. The molecule has 0 radical (unpaired) electrons. The van der Waals surface area contributed by atoms with E-state index in [1.54, 1.807) is 0 Å². The molecule has 2 rings (SSSR count). The van der Waals surface area contributed by atoms with Crippen molar-refractivity contribution in [3.05, 3.63) is 10.9 Å². The maximum atomic E-state index is 8.89. The highest BCUT2D eigenvalue weighted by molar-refractivity contribution is 7.17. The molecule has 0 aromatic carbocycles. The molecule has 0 aliphatic carbocycles. The predicted molar refractivity (Wildman–Crippen MR) is 68.6 cm³/mol. The lowest BCUT2D eigenvalue weighted by Crippen LogP contribution is -2.37. The van der Waals surface area contributed by atoms with Gasteiger partial charge in [-0.15, -0.1) is 11.3 Å². The predicted octanol–water partition coefficient (Wildman–Crippen LogP) is 2.68. The number of anilines is 2. The Bertz CT molecular complexity index is 418. The minimum Gasteiger partial charge on any atom is -0.397 e. The van der Waals surface area contributed by atoms with Gasteiger partial charge in [-0.1, -0.05) is 13.8 Å². The molecule has 2 atom stereocenters. The summed E-state index contributed by atoms with van der Waals surface area (Å²) in [7, 11) is 0. The van der Waals surface area contributed by atoms with Gasteiger partial charge in [0, 0.05) is 13.1 Å². The molecule has 3 nitrogen and oxygen atoms in total. The number of rotatable bonds is 1. The molecule has 2 heterocycles. The summed E-state index contributed by atoms with van der Waals surface area (Å²) in [5, 5.41) is 10.0. The van der Waals surface area contributed by atoms with Gasteiger partial charge in [-0.05, 0) is 24.3 Å². The molecule has 16 heavy (non-hydrogen) atoms. The van der Waals surface area contributed by atoms with Gasteiger partial charge in [0.15, 0.2) is 0 Å². The molecule has 1 aromatic heterocycles. The van der Waals surface area contributed by atoms with Gasteiger partial charge in [0.2, 0.25) is 0 Å². The van der Waals surface area contributed by atoms with Crippen LogP contribution in [0.15, 0.2) is 6.07 Å². The second-order valence-corrected chi connectivity index (χ2v) is 5.70. The van der Waals surface area contributed by atoms with E-state index in [2.05, 4.69) is 24.8 Å². The van der Waals surface area contributed by atoms with E-state index >= 15 is 0 Å². The number of thiophene rings is 1. The molecule has 1 aliphatic rings. The zero-order valence-electron chi connectivity index (χ0n) is 9.73. The van der Waals surface area contributed by atoms with Gasteiger partial charge in [-0.2, -0.15) is 5.26 Å². The van der Waals surface area contributed by atoms with Gasteiger partial charge in [-0.3, -0.25) is 0 Å². The number of nitrogen functional groups attached to an aromatic ring is 1. The van der Waals surface area contributed by atoms with Crippen LogP contribution < -0.4 is 10.6 Å². The molecular formula is C12H17N3S. The Hall–Kier alpha value is -1.21. The molecule has 0 spiro atoms. The van der Waals surface area contributed by atoms with Crippen LogP contribution in [0.4, 0.5) is 10.7 Å². The van der Waals surface area contributed by atoms with Crippen molar-refractivity contribution in [1.82, 2.24) is 0 Å². The van der Waals surface area contributed by atoms with Crippen molar-refractivity contribution in [3.8, 4) is 6.07 Å². The molecule has 1 aliphatic heterocycles. The van der Waals surface area contributed by atoms with Crippen LogP contribution in [0, 0.1) is 23.2 Å². The maximum Gasteiger partial charge on any atom is 0.129 e.